The van der Waals surface area contributed by atoms with Crippen molar-refractivity contribution in [2.45, 2.75) is 25.9 Å². The molecule has 146 valence electrons. The number of halogens is 1. The minimum absolute atomic E-state index is 0.0462. The molecular formula is C18H22ClN3O5. The fourth-order valence-electron chi connectivity index (χ4n) is 2.62. The van der Waals surface area contributed by atoms with Crippen molar-refractivity contribution in [3.8, 4) is 17.6 Å². The molecule has 0 radical (unpaired) electrons. The molecule has 9 heteroatoms. The molecule has 1 N–H and O–H groups in total. The van der Waals surface area contributed by atoms with Crippen LogP contribution in [-0.2, 0) is 14.3 Å². The second-order valence-electron chi connectivity index (χ2n) is 5.80. The van der Waals surface area contributed by atoms with Crippen molar-refractivity contribution in [1.29, 1.82) is 5.26 Å². The Morgan fingerprint density at radius 1 is 1.48 bits per heavy atom. The monoisotopic (exact) mass is 395 g/mol. The van der Waals surface area contributed by atoms with Crippen LogP contribution in [0.1, 0.15) is 19.8 Å². The zero-order chi connectivity index (χ0) is 19.8. The largest absolute Gasteiger partial charge is 0.492 e. The van der Waals surface area contributed by atoms with Crippen molar-refractivity contribution in [1.82, 2.24) is 5.32 Å². The van der Waals surface area contributed by atoms with Gasteiger partial charge in [-0.3, -0.25) is 9.59 Å². The maximum absolute atomic E-state index is 12.4. The smallest absolute Gasteiger partial charge is 0.325 e. The van der Waals surface area contributed by atoms with Crippen molar-refractivity contribution < 1.29 is 23.8 Å². The summed E-state index contributed by atoms with van der Waals surface area (Å²) in [5.74, 6) is 0.0728. The number of hydrogen-bond acceptors (Lipinski definition) is 7. The average molecular weight is 396 g/mol. The van der Waals surface area contributed by atoms with Crippen LogP contribution in [0.25, 0.3) is 0 Å². The molecule has 0 bridgehead atoms. The number of methoxy groups -OCH3 is 1. The van der Waals surface area contributed by atoms with Gasteiger partial charge < -0.3 is 24.4 Å². The first-order valence-corrected chi connectivity index (χ1v) is 8.97. The first-order chi connectivity index (χ1) is 13.0. The van der Waals surface area contributed by atoms with Gasteiger partial charge in [0.25, 0.3) is 5.91 Å². The van der Waals surface area contributed by atoms with Crippen LogP contribution >= 0.6 is 11.6 Å². The molecular weight excluding hydrogens is 374 g/mol. The van der Waals surface area contributed by atoms with Gasteiger partial charge in [0, 0.05) is 19.0 Å². The molecule has 1 aromatic carbocycles. The third-order valence-corrected chi connectivity index (χ3v) is 4.21. The van der Waals surface area contributed by atoms with E-state index >= 15 is 0 Å². The highest BCUT2D eigenvalue weighted by atomic mass is 35.5. The number of rotatable bonds is 8. The predicted octanol–water partition coefficient (Wildman–Crippen LogP) is 1.90. The average Bonchev–Trinajstić information content (AvgIpc) is 2.66. The third-order valence-electron chi connectivity index (χ3n) is 3.91. The Balaban J connectivity index is 2.22. The molecule has 1 aliphatic heterocycles. The number of unbranched alkanes of at least 4 members (excludes halogenated alkanes) is 1. The van der Waals surface area contributed by atoms with Gasteiger partial charge in [0.15, 0.2) is 6.10 Å². The Bertz CT molecular complexity index is 734. The Labute approximate surface area is 162 Å². The van der Waals surface area contributed by atoms with Gasteiger partial charge in [-0.05, 0) is 19.4 Å². The lowest BCUT2D eigenvalue weighted by Crippen LogP contribution is -2.50. The molecule has 0 saturated heterocycles. The first-order valence-electron chi connectivity index (χ1n) is 8.59. The van der Waals surface area contributed by atoms with Gasteiger partial charge in [0.2, 0.25) is 0 Å². The van der Waals surface area contributed by atoms with Crippen LogP contribution in [0.5, 0.6) is 11.5 Å². The number of nitriles is 1. The van der Waals surface area contributed by atoms with E-state index < -0.39 is 12.1 Å². The maximum atomic E-state index is 12.4. The Kier molecular flexibility index (Phi) is 7.55. The van der Waals surface area contributed by atoms with Crippen LogP contribution in [0.2, 0.25) is 5.02 Å². The molecule has 0 aromatic heterocycles. The fraction of sp³-hybridized carbons (Fsp3) is 0.500. The highest BCUT2D eigenvalue weighted by Gasteiger charge is 2.32. The summed E-state index contributed by atoms with van der Waals surface area (Å²) in [5, 5.41) is 11.7. The van der Waals surface area contributed by atoms with Crippen molar-refractivity contribution >= 4 is 29.2 Å². The lowest BCUT2D eigenvalue weighted by molar-refractivity contribution is -0.139. The SMILES string of the molecule is CCOc1cc2c(cc1Cl)N(CC(=O)OC)CC(C(=O)NCCCC#N)O2. The van der Waals surface area contributed by atoms with E-state index in [1.54, 1.807) is 17.0 Å². The van der Waals surface area contributed by atoms with E-state index in [1.165, 1.54) is 7.11 Å². The molecule has 1 unspecified atom stereocenters. The lowest BCUT2D eigenvalue weighted by Gasteiger charge is -2.35. The zero-order valence-electron chi connectivity index (χ0n) is 15.3. The highest BCUT2D eigenvalue weighted by Crippen LogP contribution is 2.41. The fourth-order valence-corrected chi connectivity index (χ4v) is 2.83. The summed E-state index contributed by atoms with van der Waals surface area (Å²) < 4.78 is 16.0. The van der Waals surface area contributed by atoms with E-state index in [2.05, 4.69) is 5.32 Å². The van der Waals surface area contributed by atoms with Gasteiger partial charge in [-0.2, -0.15) is 5.26 Å². The number of esters is 1. The van der Waals surface area contributed by atoms with Gasteiger partial charge in [0.05, 0.1) is 37.0 Å². The summed E-state index contributed by atoms with van der Waals surface area (Å²) in [5.41, 5.74) is 0.586. The number of nitrogens with zero attached hydrogens (tertiary/aromatic N) is 2. The van der Waals surface area contributed by atoms with Crippen LogP contribution in [0, 0.1) is 11.3 Å². The molecule has 0 saturated carbocycles. The number of amides is 1. The summed E-state index contributed by atoms with van der Waals surface area (Å²) in [7, 11) is 1.30. The Morgan fingerprint density at radius 3 is 2.93 bits per heavy atom. The molecule has 8 nitrogen and oxygen atoms in total. The molecule has 1 heterocycles. The van der Waals surface area contributed by atoms with E-state index in [9.17, 15) is 9.59 Å². The van der Waals surface area contributed by atoms with Gasteiger partial charge in [-0.1, -0.05) is 11.6 Å². The summed E-state index contributed by atoms with van der Waals surface area (Å²) in [6, 6.07) is 5.28. The molecule has 2 rings (SSSR count). The summed E-state index contributed by atoms with van der Waals surface area (Å²) in [4.78, 5) is 25.9. The van der Waals surface area contributed by atoms with Gasteiger partial charge in [-0.25, -0.2) is 0 Å². The summed E-state index contributed by atoms with van der Waals surface area (Å²) in [6.45, 7) is 2.75. The lowest BCUT2D eigenvalue weighted by atomic mass is 10.1. The Hall–Kier alpha value is -2.66. The molecule has 0 aliphatic carbocycles. The Morgan fingerprint density at radius 2 is 2.26 bits per heavy atom. The van der Waals surface area contributed by atoms with Crippen molar-refractivity contribution in [2.75, 3.05) is 38.3 Å². The van der Waals surface area contributed by atoms with Crippen LogP contribution in [-0.4, -0.2) is 51.3 Å². The van der Waals surface area contributed by atoms with Crippen LogP contribution < -0.4 is 19.7 Å². The molecule has 27 heavy (non-hydrogen) atoms. The number of fused-ring (bicyclic) bond motifs is 1. The highest BCUT2D eigenvalue weighted by molar-refractivity contribution is 6.32. The topological polar surface area (TPSA) is 101 Å². The summed E-state index contributed by atoms with van der Waals surface area (Å²) >= 11 is 6.24. The number of carbonyl (C=O) groups excluding carboxylic acids is 2. The molecule has 1 atom stereocenters. The first kappa shape index (κ1) is 20.6. The second-order valence-corrected chi connectivity index (χ2v) is 6.21. The van der Waals surface area contributed by atoms with Crippen LogP contribution in [0.3, 0.4) is 0 Å². The molecule has 1 amide bonds. The molecule has 1 aliphatic rings. The van der Waals surface area contributed by atoms with E-state index in [0.717, 1.165) is 0 Å². The minimum Gasteiger partial charge on any atom is -0.492 e. The number of anilines is 1. The number of nitrogens with one attached hydrogen (secondary N) is 1. The predicted molar refractivity (Wildman–Crippen MR) is 99.1 cm³/mol. The van der Waals surface area contributed by atoms with Crippen LogP contribution in [0.15, 0.2) is 12.1 Å². The van der Waals surface area contributed by atoms with E-state index in [1.807, 2.05) is 13.0 Å². The maximum Gasteiger partial charge on any atom is 0.325 e. The summed E-state index contributed by atoms with van der Waals surface area (Å²) in [6.07, 6.45) is 0.0980. The number of hydrogen-bond donors (Lipinski definition) is 1. The van der Waals surface area contributed by atoms with E-state index in [0.29, 0.717) is 48.2 Å². The standard InChI is InChI=1S/C18H22ClN3O5/c1-3-26-14-9-15-13(8-12(14)19)22(11-17(23)25-2)10-16(27-15)18(24)21-7-5-4-6-20/h8-9,16H,3-5,7,10-11H2,1-2H3,(H,21,24). The van der Waals surface area contributed by atoms with Crippen molar-refractivity contribution in [3.05, 3.63) is 17.2 Å². The zero-order valence-corrected chi connectivity index (χ0v) is 16.0. The van der Waals surface area contributed by atoms with E-state index in [4.69, 9.17) is 31.1 Å². The molecule has 1 aromatic rings. The van der Waals surface area contributed by atoms with Gasteiger partial charge in [0.1, 0.15) is 18.0 Å². The normalized spacial score (nSPS) is 15.2. The number of benzene rings is 1. The van der Waals surface area contributed by atoms with Gasteiger partial charge >= 0.3 is 5.97 Å². The number of carbonyl (C=O) groups is 2. The van der Waals surface area contributed by atoms with Crippen LogP contribution in [0.4, 0.5) is 5.69 Å². The third kappa shape index (κ3) is 5.41. The van der Waals surface area contributed by atoms with Gasteiger partial charge in [-0.15, -0.1) is 0 Å². The quantitative estimate of drug-likeness (QED) is 0.529. The van der Waals surface area contributed by atoms with E-state index in [-0.39, 0.29) is 19.0 Å². The minimum atomic E-state index is -0.820. The number of ether oxygens (including phenoxy) is 3. The second kappa shape index (κ2) is 9.88. The molecule has 0 fully saturated rings. The van der Waals surface area contributed by atoms with Crippen molar-refractivity contribution in [2.24, 2.45) is 0 Å². The van der Waals surface area contributed by atoms with Crippen molar-refractivity contribution in [3.63, 3.8) is 0 Å². The molecule has 0 spiro atoms.